The lowest BCUT2D eigenvalue weighted by atomic mass is 10.2. The van der Waals surface area contributed by atoms with Crippen molar-refractivity contribution in [2.24, 2.45) is 0 Å². The van der Waals surface area contributed by atoms with Crippen LogP contribution >= 0.6 is 0 Å². The average Bonchev–Trinajstić information content (AvgIpc) is 2.39. The lowest BCUT2D eigenvalue weighted by molar-refractivity contribution is 1.69. The van der Waals surface area contributed by atoms with Gasteiger partial charge in [-0.05, 0) is 5.56 Å². The SMILES string of the molecule is C=Cc1ccc([Si](C)c2ccccc2)cc1. The van der Waals surface area contributed by atoms with Gasteiger partial charge in [-0.25, -0.2) is 0 Å². The Hall–Kier alpha value is -1.60. The Morgan fingerprint density at radius 1 is 0.875 bits per heavy atom. The highest BCUT2D eigenvalue weighted by atomic mass is 28.3. The van der Waals surface area contributed by atoms with Crippen LogP contribution in [-0.2, 0) is 0 Å². The Balaban J connectivity index is 2.27. The van der Waals surface area contributed by atoms with Gasteiger partial charge in [-0.3, -0.25) is 0 Å². The van der Waals surface area contributed by atoms with Crippen molar-refractivity contribution in [3.05, 3.63) is 66.7 Å². The average molecular weight is 223 g/mol. The quantitative estimate of drug-likeness (QED) is 0.702. The maximum absolute atomic E-state index is 3.77. The minimum Gasteiger partial charge on any atom is -0.0985 e. The highest BCUT2D eigenvalue weighted by Gasteiger charge is 2.09. The minimum absolute atomic E-state index is 0.604. The topological polar surface area (TPSA) is 0 Å². The summed E-state index contributed by atoms with van der Waals surface area (Å²) in [4.78, 5) is 0. The van der Waals surface area contributed by atoms with Gasteiger partial charge in [0.05, 0.1) is 0 Å². The standard InChI is InChI=1S/C15H15Si/c1-3-13-9-11-15(12-10-13)16(2)14-7-5-4-6-8-14/h3-12H,1H2,2H3. The molecule has 1 heteroatoms. The maximum atomic E-state index is 3.77. The van der Waals surface area contributed by atoms with E-state index in [-0.39, 0.29) is 0 Å². The fourth-order valence-corrected chi connectivity index (χ4v) is 3.42. The van der Waals surface area contributed by atoms with Crippen LogP contribution in [0.5, 0.6) is 0 Å². The number of hydrogen-bond donors (Lipinski definition) is 0. The number of rotatable bonds is 3. The lowest BCUT2D eigenvalue weighted by Crippen LogP contribution is -2.38. The predicted molar refractivity (Wildman–Crippen MR) is 73.9 cm³/mol. The van der Waals surface area contributed by atoms with Crippen LogP contribution < -0.4 is 10.4 Å². The molecule has 0 atom stereocenters. The zero-order valence-electron chi connectivity index (χ0n) is 9.48. The summed E-state index contributed by atoms with van der Waals surface area (Å²) in [7, 11) is -0.604. The smallest absolute Gasteiger partial charge is 0.0985 e. The van der Waals surface area contributed by atoms with Gasteiger partial charge in [0, 0.05) is 0 Å². The summed E-state index contributed by atoms with van der Waals surface area (Å²) >= 11 is 0. The molecule has 16 heavy (non-hydrogen) atoms. The highest BCUT2D eigenvalue weighted by molar-refractivity contribution is 6.84. The van der Waals surface area contributed by atoms with Crippen molar-refractivity contribution in [1.29, 1.82) is 0 Å². The van der Waals surface area contributed by atoms with Crippen LogP contribution in [0.4, 0.5) is 0 Å². The zero-order valence-corrected chi connectivity index (χ0v) is 10.5. The van der Waals surface area contributed by atoms with E-state index in [4.69, 9.17) is 0 Å². The van der Waals surface area contributed by atoms with Crippen molar-refractivity contribution in [2.45, 2.75) is 6.55 Å². The van der Waals surface area contributed by atoms with Crippen LogP contribution in [0.2, 0.25) is 6.55 Å². The minimum atomic E-state index is -0.604. The molecular formula is C15H15Si. The first kappa shape index (κ1) is 10.9. The summed E-state index contributed by atoms with van der Waals surface area (Å²) in [6.07, 6.45) is 1.88. The molecule has 0 amide bonds. The normalized spacial score (nSPS) is 10.4. The first-order valence-electron chi connectivity index (χ1n) is 5.43. The van der Waals surface area contributed by atoms with Crippen molar-refractivity contribution in [3.8, 4) is 0 Å². The van der Waals surface area contributed by atoms with Gasteiger partial charge in [0.2, 0.25) is 0 Å². The largest absolute Gasteiger partial charge is 0.118 e. The first-order chi connectivity index (χ1) is 7.81. The predicted octanol–water partition coefficient (Wildman–Crippen LogP) is 2.57. The fourth-order valence-electron chi connectivity index (χ4n) is 1.72. The summed E-state index contributed by atoms with van der Waals surface area (Å²) < 4.78 is 0. The van der Waals surface area contributed by atoms with Gasteiger partial charge in [-0.15, -0.1) is 0 Å². The van der Waals surface area contributed by atoms with Crippen LogP contribution in [0.15, 0.2) is 61.2 Å². The van der Waals surface area contributed by atoms with Crippen molar-refractivity contribution in [2.75, 3.05) is 0 Å². The highest BCUT2D eigenvalue weighted by Crippen LogP contribution is 1.99. The van der Waals surface area contributed by atoms with E-state index in [0.29, 0.717) is 0 Å². The molecule has 0 saturated heterocycles. The van der Waals surface area contributed by atoms with Crippen LogP contribution in [0.1, 0.15) is 5.56 Å². The molecule has 0 fully saturated rings. The van der Waals surface area contributed by atoms with Gasteiger partial charge in [-0.2, -0.15) is 0 Å². The molecule has 2 aromatic rings. The summed E-state index contributed by atoms with van der Waals surface area (Å²) in [5.74, 6) is 0. The second-order valence-corrected chi connectivity index (χ2v) is 6.22. The molecule has 0 spiro atoms. The number of hydrogen-bond acceptors (Lipinski definition) is 0. The van der Waals surface area contributed by atoms with Gasteiger partial charge in [-0.1, -0.05) is 84.2 Å². The molecule has 1 radical (unpaired) electrons. The van der Waals surface area contributed by atoms with Crippen LogP contribution in [0, 0.1) is 0 Å². The molecule has 79 valence electrons. The Morgan fingerprint density at radius 3 is 2.00 bits per heavy atom. The van der Waals surface area contributed by atoms with Gasteiger partial charge in [0.25, 0.3) is 0 Å². The van der Waals surface area contributed by atoms with Crippen LogP contribution in [-0.4, -0.2) is 8.80 Å². The molecule has 0 saturated carbocycles. The molecule has 2 aromatic carbocycles. The van der Waals surface area contributed by atoms with E-state index in [0.717, 1.165) is 0 Å². The van der Waals surface area contributed by atoms with Crippen LogP contribution in [0.3, 0.4) is 0 Å². The Labute approximate surface area is 98.9 Å². The molecule has 0 aliphatic rings. The third-order valence-electron chi connectivity index (χ3n) is 2.79. The number of benzene rings is 2. The van der Waals surface area contributed by atoms with Crippen molar-refractivity contribution in [1.82, 2.24) is 0 Å². The summed E-state index contributed by atoms with van der Waals surface area (Å²) in [6.45, 7) is 6.11. The van der Waals surface area contributed by atoms with E-state index in [1.165, 1.54) is 15.9 Å². The van der Waals surface area contributed by atoms with E-state index in [1.807, 2.05) is 6.08 Å². The van der Waals surface area contributed by atoms with Crippen molar-refractivity contribution >= 4 is 25.2 Å². The third kappa shape index (κ3) is 2.31. The van der Waals surface area contributed by atoms with Gasteiger partial charge in [0.15, 0.2) is 0 Å². The molecule has 0 heterocycles. The molecular weight excluding hydrogens is 208 g/mol. The lowest BCUT2D eigenvalue weighted by Gasteiger charge is -2.10. The maximum Gasteiger partial charge on any atom is 0.118 e. The van der Waals surface area contributed by atoms with E-state index in [2.05, 4.69) is 67.7 Å². The van der Waals surface area contributed by atoms with Gasteiger partial charge >= 0.3 is 0 Å². The molecule has 0 N–H and O–H groups in total. The van der Waals surface area contributed by atoms with Gasteiger partial charge < -0.3 is 0 Å². The third-order valence-corrected chi connectivity index (χ3v) is 5.18. The van der Waals surface area contributed by atoms with E-state index < -0.39 is 8.80 Å². The molecule has 0 aliphatic heterocycles. The molecule has 0 bridgehead atoms. The van der Waals surface area contributed by atoms with Crippen molar-refractivity contribution < 1.29 is 0 Å². The van der Waals surface area contributed by atoms with Gasteiger partial charge in [0.1, 0.15) is 8.80 Å². The summed E-state index contributed by atoms with van der Waals surface area (Å²) in [5.41, 5.74) is 1.19. The van der Waals surface area contributed by atoms with E-state index >= 15 is 0 Å². The molecule has 0 nitrogen and oxygen atoms in total. The van der Waals surface area contributed by atoms with Crippen molar-refractivity contribution in [3.63, 3.8) is 0 Å². The summed E-state index contributed by atoms with van der Waals surface area (Å²) in [5, 5.41) is 2.90. The first-order valence-corrected chi connectivity index (χ1v) is 7.43. The molecule has 2 rings (SSSR count). The second-order valence-electron chi connectivity index (χ2n) is 3.82. The molecule has 0 aromatic heterocycles. The van der Waals surface area contributed by atoms with E-state index in [9.17, 15) is 0 Å². The Morgan fingerprint density at radius 2 is 1.44 bits per heavy atom. The monoisotopic (exact) mass is 223 g/mol. The molecule has 0 unspecified atom stereocenters. The Bertz CT molecular complexity index is 457. The summed E-state index contributed by atoms with van der Waals surface area (Å²) in [6, 6.07) is 19.4. The van der Waals surface area contributed by atoms with Crippen LogP contribution in [0.25, 0.3) is 6.08 Å². The second kappa shape index (κ2) is 4.95. The fraction of sp³-hybridized carbons (Fsp3) is 0.0667. The Kier molecular flexibility index (Phi) is 3.37. The van der Waals surface area contributed by atoms with E-state index in [1.54, 1.807) is 0 Å². The zero-order chi connectivity index (χ0) is 11.4. The molecule has 0 aliphatic carbocycles.